The fourth-order valence-corrected chi connectivity index (χ4v) is 2.02. The third-order valence-electron chi connectivity index (χ3n) is 3.39. The van der Waals surface area contributed by atoms with Gasteiger partial charge in [0.2, 0.25) is 0 Å². The van der Waals surface area contributed by atoms with Gasteiger partial charge in [0.05, 0.1) is 14.2 Å². The molecule has 0 aromatic heterocycles. The second-order valence-electron chi connectivity index (χ2n) is 4.72. The summed E-state index contributed by atoms with van der Waals surface area (Å²) in [5.41, 5.74) is 2.49. The molecule has 1 atom stereocenters. The molecule has 0 saturated carbocycles. The van der Waals surface area contributed by atoms with E-state index in [1.807, 2.05) is 24.3 Å². The third kappa shape index (κ3) is 3.75. The molecule has 0 amide bonds. The number of hydrogen-bond acceptors (Lipinski definition) is 3. The predicted octanol–water partition coefficient (Wildman–Crippen LogP) is 3.55. The SMILES string of the molecule is COc1ccc(CN[C@H](C)c2ccc(OC)cc2)cc1. The van der Waals surface area contributed by atoms with Crippen molar-refractivity contribution in [2.75, 3.05) is 14.2 Å². The summed E-state index contributed by atoms with van der Waals surface area (Å²) in [7, 11) is 3.36. The maximum atomic E-state index is 5.17. The van der Waals surface area contributed by atoms with Crippen LogP contribution in [0.1, 0.15) is 24.1 Å². The van der Waals surface area contributed by atoms with E-state index in [1.165, 1.54) is 11.1 Å². The van der Waals surface area contributed by atoms with E-state index < -0.39 is 0 Å². The van der Waals surface area contributed by atoms with Gasteiger partial charge >= 0.3 is 0 Å². The van der Waals surface area contributed by atoms with Crippen LogP contribution in [-0.2, 0) is 6.54 Å². The molecule has 2 aromatic carbocycles. The Bertz CT molecular complexity index is 520. The van der Waals surface area contributed by atoms with Crippen LogP contribution < -0.4 is 14.8 Å². The van der Waals surface area contributed by atoms with Gasteiger partial charge in [-0.15, -0.1) is 0 Å². The molecule has 0 heterocycles. The fraction of sp³-hybridized carbons (Fsp3) is 0.294. The van der Waals surface area contributed by atoms with E-state index in [-0.39, 0.29) is 0 Å². The first-order valence-electron chi connectivity index (χ1n) is 6.73. The van der Waals surface area contributed by atoms with Crippen molar-refractivity contribution in [2.45, 2.75) is 19.5 Å². The molecule has 0 unspecified atom stereocenters. The molecule has 0 spiro atoms. The number of ether oxygens (including phenoxy) is 2. The van der Waals surface area contributed by atoms with Crippen LogP contribution in [0.15, 0.2) is 48.5 Å². The zero-order valence-electron chi connectivity index (χ0n) is 12.2. The summed E-state index contributed by atoms with van der Waals surface area (Å²) in [6.07, 6.45) is 0. The van der Waals surface area contributed by atoms with Gasteiger partial charge in [-0.2, -0.15) is 0 Å². The molecule has 3 nitrogen and oxygen atoms in total. The van der Waals surface area contributed by atoms with E-state index in [0.29, 0.717) is 6.04 Å². The molecule has 0 aliphatic heterocycles. The Hall–Kier alpha value is -2.00. The molecule has 3 heteroatoms. The Kier molecular flexibility index (Phi) is 5.02. The molecule has 2 rings (SSSR count). The Labute approximate surface area is 120 Å². The second-order valence-corrected chi connectivity index (χ2v) is 4.72. The summed E-state index contributed by atoms with van der Waals surface area (Å²) in [6.45, 7) is 2.99. The van der Waals surface area contributed by atoms with Crippen LogP contribution in [-0.4, -0.2) is 14.2 Å². The van der Waals surface area contributed by atoms with Crippen molar-refractivity contribution < 1.29 is 9.47 Å². The van der Waals surface area contributed by atoms with Crippen LogP contribution in [0.4, 0.5) is 0 Å². The van der Waals surface area contributed by atoms with Gasteiger partial charge in [0, 0.05) is 12.6 Å². The maximum absolute atomic E-state index is 5.17. The zero-order chi connectivity index (χ0) is 14.4. The molecule has 0 aliphatic carbocycles. The number of benzene rings is 2. The fourth-order valence-electron chi connectivity index (χ4n) is 2.02. The highest BCUT2D eigenvalue weighted by atomic mass is 16.5. The summed E-state index contributed by atoms with van der Waals surface area (Å²) in [5.74, 6) is 1.77. The number of methoxy groups -OCH3 is 2. The molecular weight excluding hydrogens is 250 g/mol. The van der Waals surface area contributed by atoms with Gasteiger partial charge in [-0.3, -0.25) is 0 Å². The van der Waals surface area contributed by atoms with Gasteiger partial charge in [0.1, 0.15) is 11.5 Å². The monoisotopic (exact) mass is 271 g/mol. The van der Waals surface area contributed by atoms with E-state index in [9.17, 15) is 0 Å². The highest BCUT2D eigenvalue weighted by molar-refractivity contribution is 5.29. The lowest BCUT2D eigenvalue weighted by atomic mass is 10.1. The molecule has 0 radical (unpaired) electrons. The number of nitrogens with one attached hydrogen (secondary N) is 1. The Morgan fingerprint density at radius 2 is 1.35 bits per heavy atom. The van der Waals surface area contributed by atoms with Crippen LogP contribution in [0.2, 0.25) is 0 Å². The normalized spacial score (nSPS) is 11.9. The van der Waals surface area contributed by atoms with Crippen LogP contribution in [0.3, 0.4) is 0 Å². The summed E-state index contributed by atoms with van der Waals surface area (Å²) in [4.78, 5) is 0. The average Bonchev–Trinajstić information content (AvgIpc) is 2.53. The van der Waals surface area contributed by atoms with Crippen molar-refractivity contribution in [1.82, 2.24) is 5.32 Å². The van der Waals surface area contributed by atoms with E-state index >= 15 is 0 Å². The minimum Gasteiger partial charge on any atom is -0.497 e. The molecule has 20 heavy (non-hydrogen) atoms. The lowest BCUT2D eigenvalue weighted by Crippen LogP contribution is -2.17. The summed E-state index contributed by atoms with van der Waals surface area (Å²) in [5, 5.41) is 3.51. The first-order valence-corrected chi connectivity index (χ1v) is 6.73. The molecular formula is C17H21NO2. The molecule has 106 valence electrons. The van der Waals surface area contributed by atoms with E-state index in [1.54, 1.807) is 14.2 Å². The van der Waals surface area contributed by atoms with Gasteiger partial charge in [-0.25, -0.2) is 0 Å². The highest BCUT2D eigenvalue weighted by Gasteiger charge is 2.05. The lowest BCUT2D eigenvalue weighted by Gasteiger charge is -2.15. The minimum absolute atomic E-state index is 0.294. The van der Waals surface area contributed by atoms with Crippen molar-refractivity contribution in [3.05, 3.63) is 59.7 Å². The number of rotatable bonds is 6. The van der Waals surface area contributed by atoms with Gasteiger partial charge in [0.25, 0.3) is 0 Å². The van der Waals surface area contributed by atoms with Gasteiger partial charge in [-0.05, 0) is 42.3 Å². The summed E-state index contributed by atoms with van der Waals surface area (Å²) >= 11 is 0. The van der Waals surface area contributed by atoms with Gasteiger partial charge in [0.15, 0.2) is 0 Å². The van der Waals surface area contributed by atoms with Crippen molar-refractivity contribution in [3.8, 4) is 11.5 Å². The molecule has 0 bridgehead atoms. The van der Waals surface area contributed by atoms with Crippen LogP contribution in [0.5, 0.6) is 11.5 Å². The zero-order valence-corrected chi connectivity index (χ0v) is 12.2. The minimum atomic E-state index is 0.294. The smallest absolute Gasteiger partial charge is 0.118 e. The van der Waals surface area contributed by atoms with E-state index in [4.69, 9.17) is 9.47 Å². The maximum Gasteiger partial charge on any atom is 0.118 e. The van der Waals surface area contributed by atoms with E-state index in [2.05, 4.69) is 36.5 Å². The van der Waals surface area contributed by atoms with Crippen LogP contribution in [0, 0.1) is 0 Å². The van der Waals surface area contributed by atoms with Crippen molar-refractivity contribution >= 4 is 0 Å². The largest absolute Gasteiger partial charge is 0.497 e. The molecule has 0 aliphatic rings. The van der Waals surface area contributed by atoms with Crippen molar-refractivity contribution in [1.29, 1.82) is 0 Å². The predicted molar refractivity (Wildman–Crippen MR) is 81.2 cm³/mol. The standard InChI is InChI=1S/C17H21NO2/c1-13(15-6-10-17(20-3)11-7-15)18-12-14-4-8-16(19-2)9-5-14/h4-11,13,18H,12H2,1-3H3/t13-/m1/s1. The molecule has 0 fully saturated rings. The Morgan fingerprint density at radius 3 is 1.85 bits per heavy atom. The molecule has 1 N–H and O–H groups in total. The third-order valence-corrected chi connectivity index (χ3v) is 3.39. The van der Waals surface area contributed by atoms with E-state index in [0.717, 1.165) is 18.0 Å². The first kappa shape index (κ1) is 14.4. The first-order chi connectivity index (χ1) is 9.72. The van der Waals surface area contributed by atoms with Crippen LogP contribution >= 0.6 is 0 Å². The van der Waals surface area contributed by atoms with Crippen molar-refractivity contribution in [2.24, 2.45) is 0 Å². The highest BCUT2D eigenvalue weighted by Crippen LogP contribution is 2.18. The second kappa shape index (κ2) is 6.96. The quantitative estimate of drug-likeness (QED) is 0.871. The van der Waals surface area contributed by atoms with Gasteiger partial charge < -0.3 is 14.8 Å². The molecule has 0 saturated heterocycles. The lowest BCUT2D eigenvalue weighted by molar-refractivity contribution is 0.414. The number of hydrogen-bond donors (Lipinski definition) is 1. The van der Waals surface area contributed by atoms with Gasteiger partial charge in [-0.1, -0.05) is 24.3 Å². The van der Waals surface area contributed by atoms with Crippen LogP contribution in [0.25, 0.3) is 0 Å². The Balaban J connectivity index is 1.91. The van der Waals surface area contributed by atoms with Crippen molar-refractivity contribution in [3.63, 3.8) is 0 Å². The summed E-state index contributed by atoms with van der Waals surface area (Å²) in [6, 6.07) is 16.6. The molecule has 2 aromatic rings. The topological polar surface area (TPSA) is 30.5 Å². The summed E-state index contributed by atoms with van der Waals surface area (Å²) < 4.78 is 10.3. The Morgan fingerprint density at radius 1 is 0.850 bits per heavy atom. The average molecular weight is 271 g/mol.